The number of rotatable bonds is 8. The molecule has 0 radical (unpaired) electrons. The molecule has 0 spiro atoms. The number of para-hydroxylation sites is 1. The number of fused-ring (bicyclic) bond motifs is 1. The smallest absolute Gasteiger partial charge is 0.118 e. The minimum atomic E-state index is 0.324. The summed E-state index contributed by atoms with van der Waals surface area (Å²) in [7, 11) is 3.40. The number of methoxy groups -OCH3 is 2. The summed E-state index contributed by atoms with van der Waals surface area (Å²) < 4.78 is 18.7. The maximum atomic E-state index is 5.53. The molecule has 1 atom stereocenters. The molecule has 0 saturated carbocycles. The van der Waals surface area contributed by atoms with E-state index >= 15 is 0 Å². The first-order chi connectivity index (χ1) is 16.2. The number of allylic oxidation sites excluding steroid dienone is 1. The maximum absolute atomic E-state index is 5.53. The molecule has 3 aromatic carbocycles. The fraction of sp³-hybridized carbons (Fsp3) is 0.241. The Morgan fingerprint density at radius 3 is 1.97 bits per heavy atom. The van der Waals surface area contributed by atoms with Crippen molar-refractivity contribution in [2.24, 2.45) is 0 Å². The third kappa shape index (κ3) is 4.27. The molecule has 168 valence electrons. The van der Waals surface area contributed by atoms with Gasteiger partial charge in [-0.05, 0) is 59.0 Å². The molecule has 4 heteroatoms. The second-order valence-electron chi connectivity index (χ2n) is 8.33. The van der Waals surface area contributed by atoms with E-state index in [2.05, 4.69) is 66.2 Å². The fourth-order valence-corrected chi connectivity index (χ4v) is 4.56. The lowest BCUT2D eigenvalue weighted by Gasteiger charge is -2.16. The first-order valence-corrected chi connectivity index (χ1v) is 11.4. The number of aromatic nitrogens is 1. The van der Waals surface area contributed by atoms with Gasteiger partial charge in [-0.1, -0.05) is 49.4 Å². The summed E-state index contributed by atoms with van der Waals surface area (Å²) >= 11 is 0. The van der Waals surface area contributed by atoms with Crippen LogP contribution in [0, 0.1) is 0 Å². The molecule has 4 aromatic rings. The van der Waals surface area contributed by atoms with Gasteiger partial charge >= 0.3 is 0 Å². The Kier molecular flexibility index (Phi) is 5.93. The molecule has 1 aliphatic heterocycles. The molecule has 4 nitrogen and oxygen atoms in total. The van der Waals surface area contributed by atoms with Gasteiger partial charge in [-0.2, -0.15) is 0 Å². The average Bonchev–Trinajstić information content (AvgIpc) is 3.63. The van der Waals surface area contributed by atoms with Crippen LogP contribution in [0.25, 0.3) is 22.0 Å². The van der Waals surface area contributed by atoms with Crippen molar-refractivity contribution in [3.63, 3.8) is 0 Å². The molecular formula is C29H29NO3. The number of epoxide rings is 1. The van der Waals surface area contributed by atoms with E-state index in [1.54, 1.807) is 14.2 Å². The van der Waals surface area contributed by atoms with Crippen molar-refractivity contribution < 1.29 is 14.2 Å². The topological polar surface area (TPSA) is 35.9 Å². The predicted octanol–water partition coefficient (Wildman–Crippen LogP) is 6.43. The molecule has 1 saturated heterocycles. The van der Waals surface area contributed by atoms with Crippen molar-refractivity contribution in [3.8, 4) is 11.5 Å². The molecular weight excluding hydrogens is 410 g/mol. The van der Waals surface area contributed by atoms with E-state index in [-0.39, 0.29) is 0 Å². The van der Waals surface area contributed by atoms with E-state index in [1.807, 2.05) is 24.3 Å². The maximum Gasteiger partial charge on any atom is 0.118 e. The van der Waals surface area contributed by atoms with Gasteiger partial charge in [0.1, 0.15) is 11.5 Å². The first kappa shape index (κ1) is 21.4. The van der Waals surface area contributed by atoms with Crippen LogP contribution in [0.4, 0.5) is 0 Å². The van der Waals surface area contributed by atoms with Crippen LogP contribution in [0.1, 0.15) is 30.0 Å². The Bertz CT molecular complexity index is 1230. The van der Waals surface area contributed by atoms with Crippen LogP contribution in [-0.4, -0.2) is 31.5 Å². The lowest BCUT2D eigenvalue weighted by molar-refractivity contribution is 0.385. The van der Waals surface area contributed by atoms with Gasteiger partial charge in [-0.25, -0.2) is 0 Å². The highest BCUT2D eigenvalue weighted by Gasteiger charge is 2.25. The monoisotopic (exact) mass is 439 g/mol. The largest absolute Gasteiger partial charge is 0.497 e. The molecule has 0 bridgehead atoms. The lowest BCUT2D eigenvalue weighted by atomic mass is 9.88. The van der Waals surface area contributed by atoms with Gasteiger partial charge < -0.3 is 18.8 Å². The Labute approximate surface area is 195 Å². The highest BCUT2D eigenvalue weighted by atomic mass is 16.6. The average molecular weight is 440 g/mol. The quantitative estimate of drug-likeness (QED) is 0.297. The van der Waals surface area contributed by atoms with Crippen molar-refractivity contribution in [1.29, 1.82) is 0 Å². The van der Waals surface area contributed by atoms with E-state index in [4.69, 9.17) is 14.2 Å². The highest BCUT2D eigenvalue weighted by molar-refractivity contribution is 6.05. The molecule has 0 N–H and O–H groups in total. The first-order valence-electron chi connectivity index (χ1n) is 11.4. The summed E-state index contributed by atoms with van der Waals surface area (Å²) in [6.07, 6.45) is 3.53. The summed E-state index contributed by atoms with van der Waals surface area (Å²) in [4.78, 5) is 0. The minimum absolute atomic E-state index is 0.324. The molecule has 1 fully saturated rings. The van der Waals surface area contributed by atoms with E-state index in [0.29, 0.717) is 6.10 Å². The third-order valence-electron chi connectivity index (χ3n) is 6.33. The van der Waals surface area contributed by atoms with Crippen LogP contribution in [0.5, 0.6) is 11.5 Å². The lowest BCUT2D eigenvalue weighted by Crippen LogP contribution is -2.02. The zero-order valence-electron chi connectivity index (χ0n) is 19.4. The van der Waals surface area contributed by atoms with Gasteiger partial charge in [-0.15, -0.1) is 0 Å². The van der Waals surface area contributed by atoms with Gasteiger partial charge in [-0.3, -0.25) is 0 Å². The molecule has 2 heterocycles. The summed E-state index contributed by atoms with van der Waals surface area (Å²) in [5.74, 6) is 1.71. The Balaban J connectivity index is 1.74. The van der Waals surface area contributed by atoms with Crippen LogP contribution in [0.3, 0.4) is 0 Å². The second kappa shape index (κ2) is 9.16. The molecule has 33 heavy (non-hydrogen) atoms. The molecule has 5 rings (SSSR count). The van der Waals surface area contributed by atoms with Gasteiger partial charge in [0.2, 0.25) is 0 Å². The van der Waals surface area contributed by atoms with Crippen LogP contribution < -0.4 is 9.47 Å². The highest BCUT2D eigenvalue weighted by Crippen LogP contribution is 2.39. The summed E-state index contributed by atoms with van der Waals surface area (Å²) in [6, 6.07) is 25.3. The van der Waals surface area contributed by atoms with Crippen molar-refractivity contribution in [2.75, 3.05) is 20.8 Å². The zero-order chi connectivity index (χ0) is 22.8. The van der Waals surface area contributed by atoms with E-state index in [9.17, 15) is 0 Å². The van der Waals surface area contributed by atoms with E-state index < -0.39 is 0 Å². The fourth-order valence-electron chi connectivity index (χ4n) is 4.56. The van der Waals surface area contributed by atoms with Gasteiger partial charge in [0.15, 0.2) is 0 Å². The van der Waals surface area contributed by atoms with Gasteiger partial charge in [0.05, 0.1) is 33.5 Å². The molecule has 1 aliphatic rings. The molecule has 0 amide bonds. The van der Waals surface area contributed by atoms with Crippen LogP contribution in [-0.2, 0) is 11.3 Å². The van der Waals surface area contributed by atoms with Crippen molar-refractivity contribution in [3.05, 3.63) is 95.7 Å². The Hall–Kier alpha value is -3.50. The Morgan fingerprint density at radius 1 is 0.879 bits per heavy atom. The number of ether oxygens (including phenoxy) is 3. The van der Waals surface area contributed by atoms with E-state index in [0.717, 1.165) is 31.1 Å². The second-order valence-corrected chi connectivity index (χ2v) is 8.33. The van der Waals surface area contributed by atoms with Crippen LogP contribution in [0.15, 0.2) is 79.0 Å². The molecule has 1 unspecified atom stereocenters. The minimum Gasteiger partial charge on any atom is -0.497 e. The Morgan fingerprint density at radius 2 is 1.45 bits per heavy atom. The predicted molar refractivity (Wildman–Crippen MR) is 134 cm³/mol. The van der Waals surface area contributed by atoms with E-state index in [1.165, 1.54) is 38.7 Å². The van der Waals surface area contributed by atoms with Crippen molar-refractivity contribution in [2.45, 2.75) is 26.0 Å². The SMILES string of the molecule is CCC(=C(c1ccc(OC)cc1)c1ccc(OC)cc1)c1cn(CC2CO2)c2ccccc12. The van der Waals surface area contributed by atoms with Crippen LogP contribution in [0.2, 0.25) is 0 Å². The third-order valence-corrected chi connectivity index (χ3v) is 6.33. The van der Waals surface area contributed by atoms with Crippen molar-refractivity contribution in [1.82, 2.24) is 4.57 Å². The summed E-state index contributed by atoms with van der Waals surface area (Å²) in [5, 5.41) is 1.27. The molecule has 1 aromatic heterocycles. The summed E-state index contributed by atoms with van der Waals surface area (Å²) in [6.45, 7) is 3.97. The number of nitrogens with zero attached hydrogens (tertiary/aromatic N) is 1. The van der Waals surface area contributed by atoms with Gasteiger partial charge in [0, 0.05) is 22.7 Å². The standard InChI is InChI=1S/C29H29NO3/c1-4-25(27-18-30(17-24-19-33-24)28-8-6-5-7-26(27)28)29(20-9-13-22(31-2)14-10-20)21-11-15-23(32-3)16-12-21/h5-16,18,24H,4,17,19H2,1-3H3. The zero-order valence-corrected chi connectivity index (χ0v) is 19.4. The number of hydrogen-bond donors (Lipinski definition) is 0. The number of benzene rings is 3. The molecule has 0 aliphatic carbocycles. The van der Waals surface area contributed by atoms with Gasteiger partial charge in [0.25, 0.3) is 0 Å². The summed E-state index contributed by atoms with van der Waals surface area (Å²) in [5.41, 5.74) is 7.40. The number of hydrogen-bond acceptors (Lipinski definition) is 3. The van der Waals surface area contributed by atoms with Crippen molar-refractivity contribution >= 4 is 22.0 Å². The van der Waals surface area contributed by atoms with Crippen LogP contribution >= 0.6 is 0 Å². The normalized spacial score (nSPS) is 14.8.